The molecule has 1 rings (SSSR count). The van der Waals surface area contributed by atoms with Crippen LogP contribution in [0.25, 0.3) is 0 Å². The first kappa shape index (κ1) is 18.5. The van der Waals surface area contributed by atoms with Crippen LogP contribution >= 0.6 is 0 Å². The Hall–Kier alpha value is -1.51. The van der Waals surface area contributed by atoms with Gasteiger partial charge in [-0.3, -0.25) is 4.79 Å². The molecule has 0 saturated carbocycles. The molecule has 1 amide bonds. The number of hydrogen-bond donors (Lipinski definition) is 1. The topological polar surface area (TPSA) is 87.5 Å². The monoisotopic (exact) mass is 314 g/mol. The number of carbonyl (C=O) groups is 1. The zero-order valence-corrected chi connectivity index (χ0v) is 13.4. The fourth-order valence-corrected chi connectivity index (χ4v) is 1.63. The smallest absolute Gasteiger partial charge is 0.241 e. The minimum absolute atomic E-state index is 0.107. The predicted octanol–water partition coefficient (Wildman–Crippen LogP) is 0.0264. The maximum Gasteiger partial charge on any atom is 0.241 e. The minimum Gasteiger partial charge on any atom is -0.379 e. The molecule has 0 fully saturated rings. The van der Waals surface area contributed by atoms with Crippen LogP contribution in [0.3, 0.4) is 0 Å². The second kappa shape index (κ2) is 12.1. The molecule has 8 nitrogen and oxygen atoms in total. The Morgan fingerprint density at radius 3 is 2.45 bits per heavy atom. The lowest BCUT2D eigenvalue weighted by Gasteiger charge is -2.07. The summed E-state index contributed by atoms with van der Waals surface area (Å²) in [5.74, 6) is -0.107. The first-order valence-corrected chi connectivity index (χ1v) is 7.65. The van der Waals surface area contributed by atoms with E-state index >= 15 is 0 Å². The predicted molar refractivity (Wildman–Crippen MR) is 80.5 cm³/mol. The molecule has 1 N–H and O–H groups in total. The Bertz CT molecular complexity index is 411. The van der Waals surface area contributed by atoms with Crippen LogP contribution in [0.5, 0.6) is 0 Å². The second-order valence-corrected chi connectivity index (χ2v) is 4.53. The SMILES string of the molecule is CCOCCOCCOCCNC(=O)Cn1cc(CC)nn1. The van der Waals surface area contributed by atoms with Gasteiger partial charge in [-0.05, 0) is 13.3 Å². The van der Waals surface area contributed by atoms with Crippen molar-refractivity contribution in [3.05, 3.63) is 11.9 Å². The van der Waals surface area contributed by atoms with E-state index in [1.54, 1.807) is 6.20 Å². The molecule has 0 atom stereocenters. The fraction of sp³-hybridized carbons (Fsp3) is 0.786. The number of aromatic nitrogens is 3. The molecule has 0 aliphatic carbocycles. The molecule has 0 radical (unpaired) electrons. The molecule has 1 heterocycles. The zero-order chi connectivity index (χ0) is 16.0. The first-order chi connectivity index (χ1) is 10.8. The Labute approximate surface area is 131 Å². The van der Waals surface area contributed by atoms with E-state index in [4.69, 9.17) is 14.2 Å². The van der Waals surface area contributed by atoms with Gasteiger partial charge in [0.05, 0.1) is 38.7 Å². The average Bonchev–Trinajstić information content (AvgIpc) is 2.96. The molecule has 0 bridgehead atoms. The molecular weight excluding hydrogens is 288 g/mol. The third-order valence-corrected chi connectivity index (χ3v) is 2.77. The fourth-order valence-electron chi connectivity index (χ4n) is 1.63. The van der Waals surface area contributed by atoms with Gasteiger partial charge >= 0.3 is 0 Å². The summed E-state index contributed by atoms with van der Waals surface area (Å²) in [6, 6.07) is 0. The van der Waals surface area contributed by atoms with Crippen LogP contribution < -0.4 is 5.32 Å². The van der Waals surface area contributed by atoms with E-state index in [0.717, 1.165) is 12.1 Å². The average molecular weight is 314 g/mol. The molecular formula is C14H26N4O4. The third-order valence-electron chi connectivity index (χ3n) is 2.77. The maximum atomic E-state index is 11.7. The van der Waals surface area contributed by atoms with Crippen LogP contribution in [0, 0.1) is 0 Å². The summed E-state index contributed by atoms with van der Waals surface area (Å²) in [6.45, 7) is 7.95. The highest BCUT2D eigenvalue weighted by molar-refractivity contribution is 5.75. The molecule has 126 valence electrons. The zero-order valence-electron chi connectivity index (χ0n) is 13.4. The molecule has 0 saturated heterocycles. The van der Waals surface area contributed by atoms with Crippen LogP contribution in [0.4, 0.5) is 0 Å². The molecule has 0 aromatic carbocycles. The highest BCUT2D eigenvalue weighted by Gasteiger charge is 2.04. The van der Waals surface area contributed by atoms with Crippen molar-refractivity contribution in [1.82, 2.24) is 20.3 Å². The lowest BCUT2D eigenvalue weighted by Crippen LogP contribution is -2.31. The third kappa shape index (κ3) is 8.71. The number of hydrogen-bond acceptors (Lipinski definition) is 6. The molecule has 0 aliphatic heterocycles. The Kier molecular flexibility index (Phi) is 10.2. The minimum atomic E-state index is -0.107. The molecule has 0 spiro atoms. The van der Waals surface area contributed by atoms with Crippen molar-refractivity contribution in [1.29, 1.82) is 0 Å². The largest absolute Gasteiger partial charge is 0.379 e. The summed E-state index contributed by atoms with van der Waals surface area (Å²) in [4.78, 5) is 11.7. The molecule has 22 heavy (non-hydrogen) atoms. The summed E-state index contributed by atoms with van der Waals surface area (Å²) < 4.78 is 17.3. The number of ether oxygens (including phenoxy) is 3. The van der Waals surface area contributed by atoms with Crippen molar-refractivity contribution in [2.45, 2.75) is 26.8 Å². The Balaban J connectivity index is 1.92. The number of nitrogens with one attached hydrogen (secondary N) is 1. The van der Waals surface area contributed by atoms with E-state index in [0.29, 0.717) is 46.2 Å². The van der Waals surface area contributed by atoms with Gasteiger partial charge in [-0.15, -0.1) is 5.10 Å². The van der Waals surface area contributed by atoms with Gasteiger partial charge in [0, 0.05) is 19.3 Å². The number of aryl methyl sites for hydroxylation is 1. The summed E-state index contributed by atoms with van der Waals surface area (Å²) in [7, 11) is 0. The van der Waals surface area contributed by atoms with Crippen molar-refractivity contribution in [3.63, 3.8) is 0 Å². The molecule has 0 aliphatic rings. The van der Waals surface area contributed by atoms with E-state index in [2.05, 4.69) is 15.6 Å². The van der Waals surface area contributed by atoms with Gasteiger partial charge in [0.1, 0.15) is 6.54 Å². The number of rotatable bonds is 13. The first-order valence-electron chi connectivity index (χ1n) is 7.65. The molecule has 1 aromatic rings. The van der Waals surface area contributed by atoms with E-state index in [1.165, 1.54) is 4.68 Å². The summed E-state index contributed by atoms with van der Waals surface area (Å²) in [5.41, 5.74) is 0.875. The van der Waals surface area contributed by atoms with Crippen LogP contribution in [0.15, 0.2) is 6.20 Å². The second-order valence-electron chi connectivity index (χ2n) is 4.53. The van der Waals surface area contributed by atoms with Crippen LogP contribution in [0.1, 0.15) is 19.5 Å². The van der Waals surface area contributed by atoms with Crippen LogP contribution in [-0.4, -0.2) is 67.1 Å². The van der Waals surface area contributed by atoms with Crippen molar-refractivity contribution in [2.75, 3.05) is 46.2 Å². The van der Waals surface area contributed by atoms with Crippen molar-refractivity contribution in [3.8, 4) is 0 Å². The normalized spacial score (nSPS) is 10.8. The van der Waals surface area contributed by atoms with E-state index in [9.17, 15) is 4.79 Å². The molecule has 0 unspecified atom stereocenters. The van der Waals surface area contributed by atoms with Crippen molar-refractivity contribution in [2.24, 2.45) is 0 Å². The van der Waals surface area contributed by atoms with E-state index < -0.39 is 0 Å². The molecule has 1 aromatic heterocycles. The highest BCUT2D eigenvalue weighted by atomic mass is 16.5. The number of carbonyl (C=O) groups excluding carboxylic acids is 1. The van der Waals surface area contributed by atoms with Crippen molar-refractivity contribution >= 4 is 5.91 Å². The standard InChI is InChI=1S/C14H26N4O4/c1-3-13-11-18(17-16-13)12-14(19)15-5-6-21-9-10-22-8-7-20-4-2/h11H,3-10,12H2,1-2H3,(H,15,19). The maximum absolute atomic E-state index is 11.7. The van der Waals surface area contributed by atoms with Crippen molar-refractivity contribution < 1.29 is 19.0 Å². The molecule has 8 heteroatoms. The quantitative estimate of drug-likeness (QED) is 0.517. The Morgan fingerprint density at radius 2 is 1.82 bits per heavy atom. The van der Waals surface area contributed by atoms with Gasteiger partial charge in [-0.25, -0.2) is 4.68 Å². The van der Waals surface area contributed by atoms with Gasteiger partial charge in [-0.1, -0.05) is 12.1 Å². The van der Waals surface area contributed by atoms with Gasteiger partial charge < -0.3 is 19.5 Å². The van der Waals surface area contributed by atoms with E-state index in [1.807, 2.05) is 13.8 Å². The summed E-state index contributed by atoms with van der Waals surface area (Å²) >= 11 is 0. The van der Waals surface area contributed by atoms with Gasteiger partial charge in [0.2, 0.25) is 5.91 Å². The van der Waals surface area contributed by atoms with Gasteiger partial charge in [0.25, 0.3) is 0 Å². The lowest BCUT2D eigenvalue weighted by molar-refractivity contribution is -0.122. The van der Waals surface area contributed by atoms with Gasteiger partial charge in [0.15, 0.2) is 0 Å². The van der Waals surface area contributed by atoms with E-state index in [-0.39, 0.29) is 12.5 Å². The summed E-state index contributed by atoms with van der Waals surface area (Å²) in [5, 5.41) is 10.6. The van der Waals surface area contributed by atoms with Crippen LogP contribution in [-0.2, 0) is 32.0 Å². The summed E-state index contributed by atoms with van der Waals surface area (Å²) in [6.07, 6.45) is 2.58. The number of amides is 1. The Morgan fingerprint density at radius 1 is 1.14 bits per heavy atom. The number of nitrogens with zero attached hydrogens (tertiary/aromatic N) is 3. The van der Waals surface area contributed by atoms with Crippen LogP contribution in [0.2, 0.25) is 0 Å². The van der Waals surface area contributed by atoms with Gasteiger partial charge in [-0.2, -0.15) is 0 Å². The highest BCUT2D eigenvalue weighted by Crippen LogP contribution is 1.93. The lowest BCUT2D eigenvalue weighted by atomic mass is 10.4.